The van der Waals surface area contributed by atoms with Gasteiger partial charge in [-0.15, -0.1) is 0 Å². The van der Waals surface area contributed by atoms with Crippen molar-refractivity contribution in [3.8, 4) is 6.07 Å². The number of nitrogen functional groups attached to an aromatic ring is 1. The lowest BCUT2D eigenvalue weighted by atomic mass is 10.1. The summed E-state index contributed by atoms with van der Waals surface area (Å²) in [5.41, 5.74) is 7.46. The fraction of sp³-hybridized carbons (Fsp3) is 0.429. The van der Waals surface area contributed by atoms with Crippen LogP contribution in [0.1, 0.15) is 12.0 Å². The molecule has 0 bridgehead atoms. The van der Waals surface area contributed by atoms with Gasteiger partial charge in [0.05, 0.1) is 19.2 Å². The molecule has 1 heterocycles. The minimum Gasteiger partial charge on any atom is -0.399 e. The van der Waals surface area contributed by atoms with Crippen molar-refractivity contribution < 1.29 is 9.53 Å². The van der Waals surface area contributed by atoms with Crippen LogP contribution in [0.4, 0.5) is 5.69 Å². The first-order valence-corrected chi connectivity index (χ1v) is 6.32. The average Bonchev–Trinajstić information content (AvgIpc) is 2.45. The Hall–Kier alpha value is -2.06. The van der Waals surface area contributed by atoms with Crippen molar-refractivity contribution in [1.82, 2.24) is 4.90 Å². The Morgan fingerprint density at radius 2 is 2.42 bits per heavy atom. The van der Waals surface area contributed by atoms with Gasteiger partial charge in [-0.3, -0.25) is 4.79 Å². The van der Waals surface area contributed by atoms with Gasteiger partial charge in [-0.05, 0) is 24.1 Å². The molecular formula is C14H17N3O2. The highest BCUT2D eigenvalue weighted by Gasteiger charge is 2.23. The molecule has 1 amide bonds. The van der Waals surface area contributed by atoms with E-state index < -0.39 is 6.10 Å². The lowest BCUT2D eigenvalue weighted by Gasteiger charge is -2.29. The topological polar surface area (TPSA) is 79.4 Å². The highest BCUT2D eigenvalue weighted by atomic mass is 16.5. The fourth-order valence-corrected chi connectivity index (χ4v) is 2.11. The molecule has 100 valence electrons. The maximum Gasteiger partial charge on any atom is 0.223 e. The van der Waals surface area contributed by atoms with Crippen LogP contribution in [-0.4, -0.2) is 36.6 Å². The van der Waals surface area contributed by atoms with Crippen LogP contribution in [0.3, 0.4) is 0 Å². The fourth-order valence-electron chi connectivity index (χ4n) is 2.11. The zero-order valence-corrected chi connectivity index (χ0v) is 10.7. The molecule has 2 rings (SSSR count). The second kappa shape index (κ2) is 6.21. The number of ether oxygens (including phenoxy) is 1. The standard InChI is InChI=1S/C14H17N3O2/c15-9-13-10-17(6-7-19-13)14(18)5-4-11-2-1-3-12(16)8-11/h1-3,8,13H,4-7,10,16H2. The van der Waals surface area contributed by atoms with Crippen molar-refractivity contribution in [1.29, 1.82) is 5.26 Å². The summed E-state index contributed by atoms with van der Waals surface area (Å²) < 4.78 is 5.21. The number of nitrogens with two attached hydrogens (primary N) is 1. The molecular weight excluding hydrogens is 242 g/mol. The molecule has 1 atom stereocenters. The Balaban J connectivity index is 1.86. The molecule has 0 saturated carbocycles. The van der Waals surface area contributed by atoms with E-state index in [9.17, 15) is 4.79 Å². The Morgan fingerprint density at radius 3 is 3.16 bits per heavy atom. The predicted octanol–water partition coefficient (Wildman–Crippen LogP) is 0.952. The van der Waals surface area contributed by atoms with E-state index in [1.165, 1.54) is 0 Å². The van der Waals surface area contributed by atoms with Gasteiger partial charge >= 0.3 is 0 Å². The Labute approximate surface area is 112 Å². The first-order chi connectivity index (χ1) is 9.19. The van der Waals surface area contributed by atoms with Crippen molar-refractivity contribution in [3.05, 3.63) is 29.8 Å². The molecule has 5 heteroatoms. The van der Waals surface area contributed by atoms with Gasteiger partial charge in [0.25, 0.3) is 0 Å². The highest BCUT2D eigenvalue weighted by molar-refractivity contribution is 5.76. The number of nitriles is 1. The van der Waals surface area contributed by atoms with E-state index in [-0.39, 0.29) is 5.91 Å². The van der Waals surface area contributed by atoms with E-state index in [0.717, 1.165) is 5.56 Å². The summed E-state index contributed by atoms with van der Waals surface area (Å²) in [4.78, 5) is 13.7. The minimum atomic E-state index is -0.495. The number of nitrogens with zero attached hydrogens (tertiary/aromatic N) is 2. The van der Waals surface area contributed by atoms with Crippen LogP contribution in [0, 0.1) is 11.3 Å². The number of anilines is 1. The third-order valence-electron chi connectivity index (χ3n) is 3.14. The van der Waals surface area contributed by atoms with E-state index in [0.29, 0.717) is 38.2 Å². The summed E-state index contributed by atoms with van der Waals surface area (Å²) in [6.45, 7) is 1.36. The number of carbonyl (C=O) groups is 1. The van der Waals surface area contributed by atoms with E-state index in [1.807, 2.05) is 30.3 Å². The van der Waals surface area contributed by atoms with Crippen LogP contribution >= 0.6 is 0 Å². The van der Waals surface area contributed by atoms with Crippen molar-refractivity contribution in [2.75, 3.05) is 25.4 Å². The van der Waals surface area contributed by atoms with Gasteiger partial charge in [0.15, 0.2) is 6.10 Å². The second-order valence-corrected chi connectivity index (χ2v) is 4.57. The van der Waals surface area contributed by atoms with E-state index in [1.54, 1.807) is 4.90 Å². The van der Waals surface area contributed by atoms with Crippen molar-refractivity contribution in [2.45, 2.75) is 18.9 Å². The summed E-state index contributed by atoms with van der Waals surface area (Å²) >= 11 is 0. The number of aryl methyl sites for hydroxylation is 1. The number of morpholine rings is 1. The normalized spacial score (nSPS) is 18.9. The van der Waals surface area contributed by atoms with Gasteiger partial charge in [-0.2, -0.15) is 5.26 Å². The number of amides is 1. The third-order valence-corrected chi connectivity index (χ3v) is 3.14. The van der Waals surface area contributed by atoms with Crippen molar-refractivity contribution in [2.24, 2.45) is 0 Å². The van der Waals surface area contributed by atoms with E-state index >= 15 is 0 Å². The van der Waals surface area contributed by atoms with Gasteiger partial charge < -0.3 is 15.4 Å². The van der Waals surface area contributed by atoms with Gasteiger partial charge in [-0.1, -0.05) is 12.1 Å². The first kappa shape index (κ1) is 13.4. The SMILES string of the molecule is N#CC1CN(C(=O)CCc2cccc(N)c2)CCO1. The smallest absolute Gasteiger partial charge is 0.223 e. The van der Waals surface area contributed by atoms with Crippen LogP contribution in [0.2, 0.25) is 0 Å². The molecule has 1 aromatic carbocycles. The molecule has 1 aliphatic rings. The maximum absolute atomic E-state index is 12.0. The van der Waals surface area contributed by atoms with E-state index in [2.05, 4.69) is 0 Å². The van der Waals surface area contributed by atoms with Crippen LogP contribution in [0.15, 0.2) is 24.3 Å². The van der Waals surface area contributed by atoms with Crippen LogP contribution < -0.4 is 5.73 Å². The molecule has 2 N–H and O–H groups in total. The third kappa shape index (κ3) is 3.70. The molecule has 1 aliphatic heterocycles. The summed E-state index contributed by atoms with van der Waals surface area (Å²) in [6, 6.07) is 9.59. The van der Waals surface area contributed by atoms with Gasteiger partial charge in [-0.25, -0.2) is 0 Å². The van der Waals surface area contributed by atoms with Gasteiger partial charge in [0.2, 0.25) is 5.91 Å². The van der Waals surface area contributed by atoms with Crippen molar-refractivity contribution in [3.63, 3.8) is 0 Å². The number of benzene rings is 1. The molecule has 5 nitrogen and oxygen atoms in total. The summed E-state index contributed by atoms with van der Waals surface area (Å²) in [7, 11) is 0. The monoisotopic (exact) mass is 259 g/mol. The van der Waals surface area contributed by atoms with Crippen LogP contribution in [0.25, 0.3) is 0 Å². The van der Waals surface area contributed by atoms with Crippen molar-refractivity contribution >= 4 is 11.6 Å². The quantitative estimate of drug-likeness (QED) is 0.820. The molecule has 1 unspecified atom stereocenters. The Morgan fingerprint density at radius 1 is 1.58 bits per heavy atom. The molecule has 1 saturated heterocycles. The Bertz CT molecular complexity index is 496. The van der Waals surface area contributed by atoms with Crippen LogP contribution in [0.5, 0.6) is 0 Å². The maximum atomic E-state index is 12.0. The number of rotatable bonds is 3. The van der Waals surface area contributed by atoms with Gasteiger partial charge in [0.1, 0.15) is 0 Å². The summed E-state index contributed by atoms with van der Waals surface area (Å²) in [5, 5.41) is 8.80. The zero-order chi connectivity index (χ0) is 13.7. The second-order valence-electron chi connectivity index (χ2n) is 4.57. The van der Waals surface area contributed by atoms with Crippen LogP contribution in [-0.2, 0) is 16.0 Å². The van der Waals surface area contributed by atoms with Gasteiger partial charge in [0, 0.05) is 18.7 Å². The summed E-state index contributed by atoms with van der Waals surface area (Å²) in [6.07, 6.45) is 0.602. The molecule has 0 radical (unpaired) electrons. The minimum absolute atomic E-state index is 0.0611. The largest absolute Gasteiger partial charge is 0.399 e. The number of hydrogen-bond acceptors (Lipinski definition) is 4. The average molecular weight is 259 g/mol. The number of carbonyl (C=O) groups excluding carboxylic acids is 1. The molecule has 0 aromatic heterocycles. The molecule has 1 fully saturated rings. The van der Waals surface area contributed by atoms with E-state index in [4.69, 9.17) is 15.7 Å². The lowest BCUT2D eigenvalue weighted by molar-refractivity contribution is -0.136. The number of hydrogen-bond donors (Lipinski definition) is 1. The highest BCUT2D eigenvalue weighted by Crippen LogP contribution is 2.11. The molecule has 0 aliphatic carbocycles. The zero-order valence-electron chi connectivity index (χ0n) is 10.7. The molecule has 1 aromatic rings. The summed E-state index contributed by atoms with van der Waals surface area (Å²) in [5.74, 6) is 0.0611. The Kier molecular flexibility index (Phi) is 4.37. The molecule has 0 spiro atoms. The first-order valence-electron chi connectivity index (χ1n) is 6.32. The predicted molar refractivity (Wildman–Crippen MR) is 71.1 cm³/mol. The molecule has 19 heavy (non-hydrogen) atoms. The lowest BCUT2D eigenvalue weighted by Crippen LogP contribution is -2.45.